The molecule has 2 heteroatoms. The van der Waals surface area contributed by atoms with Crippen LogP contribution in [-0.2, 0) is 5.41 Å². The molecule has 0 saturated heterocycles. The summed E-state index contributed by atoms with van der Waals surface area (Å²) < 4.78 is 2.54. The topological polar surface area (TPSA) is 17.0 Å². The van der Waals surface area contributed by atoms with Gasteiger partial charge in [-0.2, -0.15) is 0 Å². The van der Waals surface area contributed by atoms with E-state index >= 15 is 0 Å². The summed E-state index contributed by atoms with van der Waals surface area (Å²) >= 11 is 0. The second-order valence-electron chi connectivity index (χ2n) is 13.4. The quantitative estimate of drug-likeness (QED) is 0.227. The number of allylic oxidation sites excluding steroid dienone is 8. The SMILES string of the molecule is CNC1=CC=C(C2=CC(c3ccc4c(c3C)c3ccc5c(c3n4-c3ccccc3)C(C)(C)c3ccccc3-5)=C(C)CC2)CC1. The van der Waals surface area contributed by atoms with Crippen molar-refractivity contribution in [3.63, 3.8) is 0 Å². The van der Waals surface area contributed by atoms with Crippen LogP contribution in [0.15, 0.2) is 120 Å². The van der Waals surface area contributed by atoms with Crippen molar-refractivity contribution < 1.29 is 0 Å². The van der Waals surface area contributed by atoms with Gasteiger partial charge in [0.25, 0.3) is 0 Å². The lowest BCUT2D eigenvalue weighted by atomic mass is 9.81. The first-order valence-corrected chi connectivity index (χ1v) is 16.1. The van der Waals surface area contributed by atoms with Crippen molar-refractivity contribution in [3.05, 3.63) is 142 Å². The molecule has 1 N–H and O–H groups in total. The van der Waals surface area contributed by atoms with Gasteiger partial charge in [-0.15, -0.1) is 0 Å². The Morgan fingerprint density at radius 3 is 2.23 bits per heavy atom. The second-order valence-corrected chi connectivity index (χ2v) is 13.4. The number of rotatable bonds is 4. The highest BCUT2D eigenvalue weighted by molar-refractivity contribution is 6.15. The number of nitrogens with zero attached hydrogens (tertiary/aromatic N) is 1. The van der Waals surface area contributed by atoms with E-state index in [0.29, 0.717) is 0 Å². The van der Waals surface area contributed by atoms with E-state index in [4.69, 9.17) is 0 Å². The lowest BCUT2D eigenvalue weighted by Gasteiger charge is -2.23. The fraction of sp³-hybridized carbons (Fsp3) is 0.238. The van der Waals surface area contributed by atoms with Crippen molar-refractivity contribution in [2.24, 2.45) is 0 Å². The number of hydrogen-bond donors (Lipinski definition) is 1. The second kappa shape index (κ2) is 9.99. The summed E-state index contributed by atoms with van der Waals surface area (Å²) in [5.74, 6) is 0. The van der Waals surface area contributed by atoms with E-state index in [0.717, 1.165) is 25.7 Å². The minimum atomic E-state index is -0.0987. The third kappa shape index (κ3) is 3.86. The van der Waals surface area contributed by atoms with Gasteiger partial charge in [0.05, 0.1) is 11.0 Å². The molecule has 8 rings (SSSR count). The number of aryl methyl sites for hydroxylation is 1. The molecule has 1 heterocycles. The zero-order chi connectivity index (χ0) is 30.2. The largest absolute Gasteiger partial charge is 0.391 e. The van der Waals surface area contributed by atoms with E-state index in [1.54, 1.807) is 0 Å². The molecule has 3 aliphatic carbocycles. The van der Waals surface area contributed by atoms with Gasteiger partial charge in [0.15, 0.2) is 0 Å². The standard InChI is InChI=1S/C42H40N2/c1-26-15-16-29(28-17-19-30(43-5)20-18-28)25-36(26)32-23-24-38-39(27(32)2)35-22-21-34-33-13-9-10-14-37(33)42(3,4)40(34)41(35)44(38)31-11-7-6-8-12-31/h6-14,17,19,21-25,43H,15-16,18,20H2,1-5H3. The molecule has 3 aliphatic rings. The maximum absolute atomic E-state index is 3.33. The molecule has 4 aromatic carbocycles. The molecule has 0 spiro atoms. The molecule has 0 radical (unpaired) electrons. The lowest BCUT2D eigenvalue weighted by Crippen LogP contribution is -2.16. The number of fused-ring (bicyclic) bond motifs is 7. The Hall–Kier alpha value is -4.56. The molecule has 44 heavy (non-hydrogen) atoms. The molecule has 2 nitrogen and oxygen atoms in total. The highest BCUT2D eigenvalue weighted by Crippen LogP contribution is 2.53. The highest BCUT2D eigenvalue weighted by atomic mass is 15.0. The van der Waals surface area contributed by atoms with Gasteiger partial charge in [0.2, 0.25) is 0 Å². The molecule has 0 unspecified atom stereocenters. The number of hydrogen-bond acceptors (Lipinski definition) is 1. The summed E-state index contributed by atoms with van der Waals surface area (Å²) in [4.78, 5) is 0. The van der Waals surface area contributed by atoms with Crippen LogP contribution in [0, 0.1) is 6.92 Å². The van der Waals surface area contributed by atoms with Gasteiger partial charge in [0, 0.05) is 34.6 Å². The molecular weight excluding hydrogens is 532 g/mol. The normalized spacial score (nSPS) is 17.3. The maximum Gasteiger partial charge on any atom is 0.0588 e. The Kier molecular flexibility index (Phi) is 6.14. The summed E-state index contributed by atoms with van der Waals surface area (Å²) in [5.41, 5.74) is 19.3. The minimum Gasteiger partial charge on any atom is -0.391 e. The number of aromatic nitrogens is 1. The van der Waals surface area contributed by atoms with Gasteiger partial charge in [-0.25, -0.2) is 0 Å². The van der Waals surface area contributed by atoms with Crippen LogP contribution < -0.4 is 5.32 Å². The number of para-hydroxylation sites is 1. The Bertz CT molecular complexity index is 2130. The lowest BCUT2D eigenvalue weighted by molar-refractivity contribution is 0.664. The zero-order valence-corrected chi connectivity index (χ0v) is 26.5. The number of nitrogens with one attached hydrogen (secondary N) is 1. The molecule has 0 saturated carbocycles. The third-order valence-corrected chi connectivity index (χ3v) is 10.6. The summed E-state index contributed by atoms with van der Waals surface area (Å²) in [7, 11) is 2.02. The minimum absolute atomic E-state index is 0.0987. The van der Waals surface area contributed by atoms with Crippen LogP contribution in [0.1, 0.15) is 68.7 Å². The monoisotopic (exact) mass is 572 g/mol. The van der Waals surface area contributed by atoms with Crippen LogP contribution in [-0.4, -0.2) is 11.6 Å². The molecule has 0 fully saturated rings. The van der Waals surface area contributed by atoms with Crippen molar-refractivity contribution in [1.29, 1.82) is 0 Å². The van der Waals surface area contributed by atoms with Gasteiger partial charge >= 0.3 is 0 Å². The molecular formula is C42H40N2. The van der Waals surface area contributed by atoms with Crippen LogP contribution >= 0.6 is 0 Å². The molecule has 218 valence electrons. The Morgan fingerprint density at radius 2 is 1.45 bits per heavy atom. The van der Waals surface area contributed by atoms with E-state index in [1.165, 1.54) is 88.9 Å². The average Bonchev–Trinajstić information content (AvgIpc) is 3.51. The molecule has 1 aromatic heterocycles. The third-order valence-electron chi connectivity index (χ3n) is 10.6. The van der Waals surface area contributed by atoms with Crippen molar-refractivity contribution in [2.75, 3.05) is 7.05 Å². The van der Waals surface area contributed by atoms with Crippen LogP contribution in [0.25, 0.3) is 44.2 Å². The van der Waals surface area contributed by atoms with E-state index in [-0.39, 0.29) is 5.41 Å². The van der Waals surface area contributed by atoms with Gasteiger partial charge in [-0.3, -0.25) is 0 Å². The highest BCUT2D eigenvalue weighted by Gasteiger charge is 2.38. The summed E-state index contributed by atoms with van der Waals surface area (Å²) in [5, 5.41) is 6.05. The van der Waals surface area contributed by atoms with Crippen molar-refractivity contribution in [2.45, 2.75) is 58.8 Å². The van der Waals surface area contributed by atoms with Crippen molar-refractivity contribution >= 4 is 27.4 Å². The molecule has 0 aliphatic heterocycles. The van der Waals surface area contributed by atoms with Crippen molar-refractivity contribution in [1.82, 2.24) is 9.88 Å². The van der Waals surface area contributed by atoms with Gasteiger partial charge < -0.3 is 9.88 Å². The first kappa shape index (κ1) is 27.0. The molecule has 0 bridgehead atoms. The Labute approximate surface area is 261 Å². The Morgan fingerprint density at radius 1 is 0.705 bits per heavy atom. The van der Waals surface area contributed by atoms with Crippen LogP contribution in [0.3, 0.4) is 0 Å². The van der Waals surface area contributed by atoms with E-state index in [2.05, 4.69) is 135 Å². The van der Waals surface area contributed by atoms with E-state index in [1.807, 2.05) is 7.05 Å². The summed E-state index contributed by atoms with van der Waals surface area (Å²) in [6.07, 6.45) is 11.5. The van der Waals surface area contributed by atoms with Gasteiger partial charge in [-0.1, -0.05) is 92.2 Å². The smallest absolute Gasteiger partial charge is 0.0588 e. The van der Waals surface area contributed by atoms with Gasteiger partial charge in [0.1, 0.15) is 0 Å². The van der Waals surface area contributed by atoms with Crippen LogP contribution in [0.2, 0.25) is 0 Å². The van der Waals surface area contributed by atoms with Gasteiger partial charge in [-0.05, 0) is 114 Å². The van der Waals surface area contributed by atoms with Crippen LogP contribution in [0.5, 0.6) is 0 Å². The summed E-state index contributed by atoms with van der Waals surface area (Å²) in [6, 6.07) is 29.5. The number of benzene rings is 4. The first-order chi connectivity index (χ1) is 21.4. The molecule has 5 aromatic rings. The first-order valence-electron chi connectivity index (χ1n) is 16.1. The maximum atomic E-state index is 3.33. The zero-order valence-electron chi connectivity index (χ0n) is 26.5. The van der Waals surface area contributed by atoms with E-state index < -0.39 is 0 Å². The fourth-order valence-corrected chi connectivity index (χ4v) is 8.26. The molecule has 0 atom stereocenters. The molecule has 0 amide bonds. The predicted octanol–water partition coefficient (Wildman–Crippen LogP) is 10.7. The Balaban J connectivity index is 1.39. The average molecular weight is 573 g/mol. The van der Waals surface area contributed by atoms with E-state index in [9.17, 15) is 0 Å². The summed E-state index contributed by atoms with van der Waals surface area (Å²) in [6.45, 7) is 9.49. The predicted molar refractivity (Wildman–Crippen MR) is 187 cm³/mol. The van der Waals surface area contributed by atoms with Crippen LogP contribution in [0.4, 0.5) is 0 Å². The van der Waals surface area contributed by atoms with Crippen molar-refractivity contribution in [3.8, 4) is 16.8 Å². The fourth-order valence-electron chi connectivity index (χ4n) is 8.26.